The second-order valence-corrected chi connectivity index (χ2v) is 7.88. The molecular formula is C22H17FN4. The molecule has 1 aromatic heterocycles. The van der Waals surface area contributed by atoms with Crippen LogP contribution in [0, 0.1) is 34.9 Å². The SMILES string of the molecule is N#Cc1cc([C@@H]2Nc3ccc4[nH]ncc4c3[C@@H]3[C@H]2[C@H]2C=C[C@@H]3C2)ccc1F. The van der Waals surface area contributed by atoms with E-state index in [1.807, 2.05) is 18.3 Å². The summed E-state index contributed by atoms with van der Waals surface area (Å²) in [6.45, 7) is 0. The van der Waals surface area contributed by atoms with E-state index in [9.17, 15) is 9.65 Å². The van der Waals surface area contributed by atoms with E-state index in [0.717, 1.165) is 23.2 Å². The summed E-state index contributed by atoms with van der Waals surface area (Å²) in [6.07, 6.45) is 7.79. The molecule has 5 atom stereocenters. The number of nitriles is 1. The fourth-order valence-electron chi connectivity index (χ4n) is 5.64. The number of nitrogens with zero attached hydrogens (tertiary/aromatic N) is 2. The summed E-state index contributed by atoms with van der Waals surface area (Å²) < 4.78 is 13.9. The van der Waals surface area contributed by atoms with Crippen LogP contribution in [0.5, 0.6) is 0 Å². The van der Waals surface area contributed by atoms with Crippen molar-refractivity contribution in [2.24, 2.45) is 17.8 Å². The maximum atomic E-state index is 13.9. The van der Waals surface area contributed by atoms with Crippen LogP contribution in [-0.4, -0.2) is 10.2 Å². The number of aromatic nitrogens is 2. The Hall–Kier alpha value is -3.13. The highest BCUT2D eigenvalue weighted by Crippen LogP contribution is 2.62. The summed E-state index contributed by atoms with van der Waals surface area (Å²) in [7, 11) is 0. The predicted molar refractivity (Wildman–Crippen MR) is 101 cm³/mol. The molecule has 0 saturated heterocycles. The second-order valence-electron chi connectivity index (χ2n) is 7.88. The lowest BCUT2D eigenvalue weighted by Gasteiger charge is -2.42. The van der Waals surface area contributed by atoms with Crippen LogP contribution in [0.25, 0.3) is 10.9 Å². The Kier molecular flexibility index (Phi) is 2.88. The van der Waals surface area contributed by atoms with Gasteiger partial charge in [-0.15, -0.1) is 0 Å². The first-order valence-electron chi connectivity index (χ1n) is 9.35. The number of hydrogen-bond donors (Lipinski definition) is 2. The molecule has 1 saturated carbocycles. The Labute approximate surface area is 155 Å². The lowest BCUT2D eigenvalue weighted by molar-refractivity contribution is 0.334. The van der Waals surface area contributed by atoms with Gasteiger partial charge in [-0.05, 0) is 65.5 Å². The van der Waals surface area contributed by atoms with Crippen molar-refractivity contribution in [3.8, 4) is 6.07 Å². The van der Waals surface area contributed by atoms with Crippen molar-refractivity contribution in [1.82, 2.24) is 10.2 Å². The van der Waals surface area contributed by atoms with Crippen molar-refractivity contribution in [3.05, 3.63) is 71.2 Å². The normalized spacial score (nSPS) is 30.0. The minimum Gasteiger partial charge on any atom is -0.378 e. The molecule has 3 aliphatic rings. The fraction of sp³-hybridized carbons (Fsp3) is 0.273. The lowest BCUT2D eigenvalue weighted by atomic mass is 9.69. The molecule has 2 N–H and O–H groups in total. The van der Waals surface area contributed by atoms with Gasteiger partial charge in [-0.1, -0.05) is 18.2 Å². The van der Waals surface area contributed by atoms with Gasteiger partial charge in [0.05, 0.1) is 23.3 Å². The van der Waals surface area contributed by atoms with Crippen molar-refractivity contribution >= 4 is 16.6 Å². The number of nitrogens with one attached hydrogen (secondary N) is 2. The number of halogens is 1. The highest BCUT2D eigenvalue weighted by atomic mass is 19.1. The van der Waals surface area contributed by atoms with Crippen molar-refractivity contribution in [1.29, 1.82) is 5.26 Å². The molecule has 1 fully saturated rings. The van der Waals surface area contributed by atoms with Gasteiger partial charge >= 0.3 is 0 Å². The molecule has 3 aromatic rings. The minimum absolute atomic E-state index is 0.0690. The standard InChI is InChI=1S/C22H17FN4/c23-16-4-3-13(8-14(16)9-24)22-20-12-2-1-11(7-12)19(20)21-15-10-25-27-17(15)5-6-18(21)26-22/h1-6,8,10-12,19-20,22,26H,7H2,(H,25,27)/t11-,12+,19+,20-,22+/m1/s1. The molecular weight excluding hydrogens is 339 g/mol. The van der Waals surface area contributed by atoms with E-state index in [1.54, 1.807) is 6.07 Å². The Morgan fingerprint density at radius 2 is 2.04 bits per heavy atom. The van der Waals surface area contributed by atoms with E-state index in [0.29, 0.717) is 23.7 Å². The smallest absolute Gasteiger partial charge is 0.140 e. The monoisotopic (exact) mass is 356 g/mol. The molecule has 2 heterocycles. The van der Waals surface area contributed by atoms with Gasteiger partial charge in [-0.2, -0.15) is 10.4 Å². The zero-order valence-corrected chi connectivity index (χ0v) is 14.5. The van der Waals surface area contributed by atoms with Crippen LogP contribution in [0.15, 0.2) is 48.7 Å². The average molecular weight is 356 g/mol. The Morgan fingerprint density at radius 1 is 1.15 bits per heavy atom. The van der Waals surface area contributed by atoms with Crippen LogP contribution in [0.2, 0.25) is 0 Å². The van der Waals surface area contributed by atoms with Gasteiger partial charge in [0.15, 0.2) is 0 Å². The summed E-state index contributed by atoms with van der Waals surface area (Å²) in [4.78, 5) is 0. The molecule has 6 rings (SSSR count). The van der Waals surface area contributed by atoms with Gasteiger partial charge in [-0.3, -0.25) is 5.10 Å². The number of H-pyrrole nitrogens is 1. The molecule has 2 bridgehead atoms. The Bertz CT molecular complexity index is 1150. The summed E-state index contributed by atoms with van der Waals surface area (Å²) in [5, 5.41) is 21.5. The highest BCUT2D eigenvalue weighted by Gasteiger charge is 2.52. The number of allylic oxidation sites excluding steroid dienone is 2. The van der Waals surface area contributed by atoms with Gasteiger partial charge < -0.3 is 5.32 Å². The first-order chi connectivity index (χ1) is 13.2. The van der Waals surface area contributed by atoms with Crippen LogP contribution >= 0.6 is 0 Å². The van der Waals surface area contributed by atoms with Crippen LogP contribution < -0.4 is 5.32 Å². The third-order valence-electron chi connectivity index (χ3n) is 6.69. The van der Waals surface area contributed by atoms with Gasteiger partial charge in [-0.25, -0.2) is 4.39 Å². The quantitative estimate of drug-likeness (QED) is 0.624. The topological polar surface area (TPSA) is 64.5 Å². The number of rotatable bonds is 1. The third-order valence-corrected chi connectivity index (χ3v) is 6.69. The van der Waals surface area contributed by atoms with Crippen LogP contribution in [0.1, 0.15) is 35.1 Å². The Morgan fingerprint density at radius 3 is 2.93 bits per heavy atom. The van der Waals surface area contributed by atoms with Gasteiger partial charge in [0.25, 0.3) is 0 Å². The number of anilines is 1. The van der Waals surface area contributed by atoms with Gasteiger partial charge in [0.1, 0.15) is 11.9 Å². The number of aromatic amines is 1. The van der Waals surface area contributed by atoms with E-state index in [4.69, 9.17) is 0 Å². The van der Waals surface area contributed by atoms with E-state index in [1.165, 1.54) is 17.0 Å². The van der Waals surface area contributed by atoms with Gasteiger partial charge in [0, 0.05) is 11.1 Å². The van der Waals surface area contributed by atoms with Gasteiger partial charge in [0.2, 0.25) is 0 Å². The lowest BCUT2D eigenvalue weighted by Crippen LogP contribution is -2.34. The van der Waals surface area contributed by atoms with E-state index in [2.05, 4.69) is 39.8 Å². The average Bonchev–Trinajstić information content (AvgIpc) is 3.43. The molecule has 4 nitrogen and oxygen atoms in total. The van der Waals surface area contributed by atoms with Crippen LogP contribution in [-0.2, 0) is 0 Å². The molecule has 5 heteroatoms. The zero-order chi connectivity index (χ0) is 18.1. The number of fused-ring (bicyclic) bond motifs is 9. The highest BCUT2D eigenvalue weighted by molar-refractivity contribution is 5.88. The maximum Gasteiger partial charge on any atom is 0.140 e. The molecule has 27 heavy (non-hydrogen) atoms. The van der Waals surface area contributed by atoms with Crippen molar-refractivity contribution in [2.75, 3.05) is 5.32 Å². The summed E-state index contributed by atoms with van der Waals surface area (Å²) in [5.41, 5.74) is 4.64. The first-order valence-corrected chi connectivity index (χ1v) is 9.35. The van der Waals surface area contributed by atoms with Crippen molar-refractivity contribution in [2.45, 2.75) is 18.4 Å². The molecule has 0 amide bonds. The number of hydrogen-bond acceptors (Lipinski definition) is 3. The fourth-order valence-corrected chi connectivity index (χ4v) is 5.64. The summed E-state index contributed by atoms with van der Waals surface area (Å²) in [6, 6.07) is 11.2. The van der Waals surface area contributed by atoms with Crippen LogP contribution in [0.3, 0.4) is 0 Å². The van der Waals surface area contributed by atoms with E-state index in [-0.39, 0.29) is 11.6 Å². The molecule has 0 radical (unpaired) electrons. The zero-order valence-electron chi connectivity index (χ0n) is 14.5. The molecule has 0 unspecified atom stereocenters. The molecule has 2 aliphatic carbocycles. The largest absolute Gasteiger partial charge is 0.378 e. The minimum atomic E-state index is -0.457. The Balaban J connectivity index is 1.56. The van der Waals surface area contributed by atoms with Crippen molar-refractivity contribution < 1.29 is 4.39 Å². The summed E-state index contributed by atoms with van der Waals surface area (Å²) in [5.74, 6) is 1.38. The predicted octanol–water partition coefficient (Wildman–Crippen LogP) is 4.65. The number of benzene rings is 2. The molecule has 0 spiro atoms. The van der Waals surface area contributed by atoms with Crippen LogP contribution in [0.4, 0.5) is 10.1 Å². The van der Waals surface area contributed by atoms with Crippen molar-refractivity contribution in [3.63, 3.8) is 0 Å². The third kappa shape index (κ3) is 1.93. The van der Waals surface area contributed by atoms with E-state index >= 15 is 0 Å². The molecule has 1 aliphatic heterocycles. The first kappa shape index (κ1) is 15.0. The summed E-state index contributed by atoms with van der Waals surface area (Å²) >= 11 is 0. The molecule has 132 valence electrons. The van der Waals surface area contributed by atoms with E-state index < -0.39 is 5.82 Å². The molecule has 2 aromatic carbocycles. The second kappa shape index (κ2) is 5.20. The maximum absolute atomic E-state index is 13.9.